The van der Waals surface area contributed by atoms with Crippen molar-refractivity contribution in [2.24, 2.45) is 0 Å². The van der Waals surface area contributed by atoms with Gasteiger partial charge in [-0.2, -0.15) is 4.31 Å². The largest absolute Gasteiger partial charge is 0.451 e. The lowest BCUT2D eigenvalue weighted by Gasteiger charge is -2.37. The van der Waals surface area contributed by atoms with Gasteiger partial charge in [-0.25, -0.2) is 8.42 Å². The van der Waals surface area contributed by atoms with Crippen molar-refractivity contribution < 1.29 is 27.1 Å². The van der Waals surface area contributed by atoms with Crippen molar-refractivity contribution in [2.45, 2.75) is 68.6 Å². The van der Waals surface area contributed by atoms with Gasteiger partial charge >= 0.3 is 0 Å². The Kier molecular flexibility index (Phi) is 6.01. The Morgan fingerprint density at radius 3 is 2.42 bits per heavy atom. The molecule has 0 bridgehead atoms. The lowest BCUT2D eigenvalue weighted by Crippen LogP contribution is -2.47. The van der Waals surface area contributed by atoms with E-state index in [2.05, 4.69) is 0 Å². The van der Waals surface area contributed by atoms with Crippen LogP contribution in [0.25, 0.3) is 11.0 Å². The molecule has 180 valence electrons. The van der Waals surface area contributed by atoms with Crippen LogP contribution in [0.3, 0.4) is 0 Å². The first-order valence-corrected chi connectivity index (χ1v) is 13.3. The van der Waals surface area contributed by atoms with Gasteiger partial charge in [0.25, 0.3) is 5.91 Å². The number of piperidine rings is 1. The standard InChI is InChI=1S/C24H32N2O6S/c1-17-20-16-19(33(28,29)25(2)18-6-4-3-5-7-18)8-9-21(20)32-22(17)23(27)26-12-10-24(11-13-26)30-14-15-31-24/h8-9,16,18H,3-7,10-15H2,1-2H3. The molecular weight excluding hydrogens is 444 g/mol. The Morgan fingerprint density at radius 2 is 1.76 bits per heavy atom. The third kappa shape index (κ3) is 4.09. The van der Waals surface area contributed by atoms with E-state index in [9.17, 15) is 13.2 Å². The highest BCUT2D eigenvalue weighted by Gasteiger charge is 2.41. The Morgan fingerprint density at radius 1 is 1.09 bits per heavy atom. The van der Waals surface area contributed by atoms with Gasteiger partial charge in [-0.3, -0.25) is 4.79 Å². The first kappa shape index (κ1) is 22.8. The lowest BCUT2D eigenvalue weighted by molar-refractivity contribution is -0.181. The van der Waals surface area contributed by atoms with Gasteiger partial charge < -0.3 is 18.8 Å². The number of furan rings is 1. The fraction of sp³-hybridized carbons (Fsp3) is 0.625. The zero-order valence-corrected chi connectivity index (χ0v) is 20.2. The van der Waals surface area contributed by atoms with Crippen LogP contribution in [0.4, 0.5) is 0 Å². The maximum Gasteiger partial charge on any atom is 0.289 e. The summed E-state index contributed by atoms with van der Waals surface area (Å²) >= 11 is 0. The minimum Gasteiger partial charge on any atom is -0.451 e. The molecule has 0 atom stereocenters. The molecule has 8 nitrogen and oxygen atoms in total. The normalized spacial score (nSPS) is 22.0. The molecule has 0 radical (unpaired) electrons. The van der Waals surface area contributed by atoms with Crippen molar-refractivity contribution in [3.63, 3.8) is 0 Å². The highest BCUT2D eigenvalue weighted by atomic mass is 32.2. The molecule has 33 heavy (non-hydrogen) atoms. The summed E-state index contributed by atoms with van der Waals surface area (Å²) in [5.41, 5.74) is 1.19. The summed E-state index contributed by atoms with van der Waals surface area (Å²) in [4.78, 5) is 15.2. The summed E-state index contributed by atoms with van der Waals surface area (Å²) in [6.45, 7) is 4.06. The molecule has 3 aliphatic rings. The van der Waals surface area contributed by atoms with E-state index in [-0.39, 0.29) is 22.6 Å². The fourth-order valence-corrected chi connectivity index (χ4v) is 6.79. The second-order valence-electron chi connectivity index (χ2n) is 9.43. The van der Waals surface area contributed by atoms with Crippen LogP contribution in [0.1, 0.15) is 61.1 Å². The van der Waals surface area contributed by atoms with Crippen LogP contribution >= 0.6 is 0 Å². The summed E-state index contributed by atoms with van der Waals surface area (Å²) in [7, 11) is -1.95. The van der Waals surface area contributed by atoms with Gasteiger partial charge in [0.05, 0.1) is 18.1 Å². The van der Waals surface area contributed by atoms with Gasteiger partial charge in [0, 0.05) is 50.0 Å². The van der Waals surface area contributed by atoms with E-state index < -0.39 is 15.8 Å². The molecule has 1 aromatic carbocycles. The first-order chi connectivity index (χ1) is 15.8. The molecule has 2 aliphatic heterocycles. The molecule has 2 aromatic rings. The van der Waals surface area contributed by atoms with Crippen molar-refractivity contribution in [1.82, 2.24) is 9.21 Å². The van der Waals surface area contributed by atoms with Gasteiger partial charge in [0.2, 0.25) is 10.0 Å². The maximum atomic E-state index is 13.3. The number of hydrogen-bond acceptors (Lipinski definition) is 6. The molecule has 0 unspecified atom stereocenters. The molecule has 5 rings (SSSR count). The van der Waals surface area contributed by atoms with E-state index in [0.717, 1.165) is 25.7 Å². The predicted molar refractivity (Wildman–Crippen MR) is 123 cm³/mol. The predicted octanol–water partition coefficient (Wildman–Crippen LogP) is 3.67. The van der Waals surface area contributed by atoms with E-state index in [1.54, 1.807) is 30.1 Å². The number of hydrogen-bond donors (Lipinski definition) is 0. The second kappa shape index (κ2) is 8.69. The molecular formula is C24H32N2O6S. The van der Waals surface area contributed by atoms with E-state index in [1.165, 1.54) is 10.7 Å². The number of sulfonamides is 1. The van der Waals surface area contributed by atoms with Gasteiger partial charge in [0.1, 0.15) is 5.58 Å². The second-order valence-corrected chi connectivity index (χ2v) is 11.4. The average Bonchev–Trinajstić information content (AvgIpc) is 3.43. The van der Waals surface area contributed by atoms with Crippen LogP contribution in [0, 0.1) is 6.92 Å². The summed E-state index contributed by atoms with van der Waals surface area (Å²) in [6, 6.07) is 4.92. The number of fused-ring (bicyclic) bond motifs is 1. The number of aryl methyl sites for hydroxylation is 1. The van der Waals surface area contributed by atoms with Crippen LogP contribution in [0.15, 0.2) is 27.5 Å². The topological polar surface area (TPSA) is 89.3 Å². The van der Waals surface area contributed by atoms with Crippen LogP contribution in [-0.2, 0) is 19.5 Å². The molecule has 3 heterocycles. The van der Waals surface area contributed by atoms with Crippen molar-refractivity contribution in [1.29, 1.82) is 0 Å². The van der Waals surface area contributed by atoms with E-state index in [1.807, 2.05) is 6.92 Å². The van der Waals surface area contributed by atoms with E-state index in [0.29, 0.717) is 55.7 Å². The zero-order chi connectivity index (χ0) is 23.2. The summed E-state index contributed by atoms with van der Waals surface area (Å²) in [6.07, 6.45) is 6.35. The summed E-state index contributed by atoms with van der Waals surface area (Å²) in [5.74, 6) is -0.461. The van der Waals surface area contributed by atoms with Crippen LogP contribution < -0.4 is 0 Å². The number of benzene rings is 1. The monoisotopic (exact) mass is 476 g/mol. The molecule has 1 aliphatic carbocycles. The number of ether oxygens (including phenoxy) is 2. The molecule has 0 N–H and O–H groups in total. The van der Waals surface area contributed by atoms with Crippen LogP contribution in [-0.4, -0.2) is 68.7 Å². The minimum absolute atomic E-state index is 0.0391. The zero-order valence-electron chi connectivity index (χ0n) is 19.3. The minimum atomic E-state index is -3.62. The van der Waals surface area contributed by atoms with Crippen LogP contribution in [0.2, 0.25) is 0 Å². The summed E-state index contributed by atoms with van der Waals surface area (Å²) < 4.78 is 45.5. The number of nitrogens with zero attached hydrogens (tertiary/aromatic N) is 2. The van der Waals surface area contributed by atoms with Crippen molar-refractivity contribution >= 4 is 26.9 Å². The van der Waals surface area contributed by atoms with E-state index >= 15 is 0 Å². The SMILES string of the molecule is Cc1c(C(=O)N2CCC3(CC2)OCCO3)oc2ccc(S(=O)(=O)N(C)C3CCCCC3)cc12. The molecule has 1 aromatic heterocycles. The number of likely N-dealkylation sites (tertiary alicyclic amines) is 1. The van der Waals surface area contributed by atoms with Gasteiger partial charge in [-0.15, -0.1) is 0 Å². The van der Waals surface area contributed by atoms with Crippen molar-refractivity contribution in [3.05, 3.63) is 29.5 Å². The Hall–Kier alpha value is -1.94. The van der Waals surface area contributed by atoms with E-state index in [4.69, 9.17) is 13.9 Å². The van der Waals surface area contributed by atoms with Gasteiger partial charge in [-0.1, -0.05) is 19.3 Å². The number of amides is 1. The molecule has 1 saturated carbocycles. The smallest absolute Gasteiger partial charge is 0.289 e. The van der Waals surface area contributed by atoms with Gasteiger partial charge in [-0.05, 0) is 38.0 Å². The first-order valence-electron chi connectivity index (χ1n) is 11.9. The van der Waals surface area contributed by atoms with Crippen molar-refractivity contribution in [3.8, 4) is 0 Å². The average molecular weight is 477 g/mol. The number of carbonyl (C=O) groups excluding carboxylic acids is 1. The highest BCUT2D eigenvalue weighted by molar-refractivity contribution is 7.89. The Bertz CT molecular complexity index is 1140. The Labute approximate surface area is 194 Å². The van der Waals surface area contributed by atoms with Gasteiger partial charge in [0.15, 0.2) is 11.5 Å². The van der Waals surface area contributed by atoms with Crippen LogP contribution in [0.5, 0.6) is 0 Å². The molecule has 2 saturated heterocycles. The molecule has 1 spiro atoms. The Balaban J connectivity index is 1.38. The maximum absolute atomic E-state index is 13.3. The molecule has 9 heteroatoms. The quantitative estimate of drug-likeness (QED) is 0.669. The highest BCUT2D eigenvalue weighted by Crippen LogP contribution is 2.34. The number of carbonyl (C=O) groups is 1. The number of rotatable bonds is 4. The molecule has 3 fully saturated rings. The van der Waals surface area contributed by atoms with Crippen molar-refractivity contribution in [2.75, 3.05) is 33.4 Å². The third-order valence-corrected chi connectivity index (χ3v) is 9.40. The fourth-order valence-electron chi connectivity index (χ4n) is 5.35. The summed E-state index contributed by atoms with van der Waals surface area (Å²) in [5, 5.41) is 0.660. The third-order valence-electron chi connectivity index (χ3n) is 7.49. The lowest BCUT2D eigenvalue weighted by atomic mass is 9.96. The molecule has 1 amide bonds.